The summed E-state index contributed by atoms with van der Waals surface area (Å²) < 4.78 is 5.13. The second-order valence-electron chi connectivity index (χ2n) is 5.08. The molecule has 0 bridgehead atoms. The van der Waals surface area contributed by atoms with Gasteiger partial charge < -0.3 is 21.5 Å². The van der Waals surface area contributed by atoms with Crippen LogP contribution in [0.1, 0.15) is 12.7 Å². The Kier molecular flexibility index (Phi) is 6.98. The van der Waals surface area contributed by atoms with Crippen LogP contribution >= 0.6 is 11.8 Å². The van der Waals surface area contributed by atoms with Crippen LogP contribution in [-0.4, -0.2) is 27.8 Å². The third-order valence-corrected chi connectivity index (χ3v) is 3.88. The lowest BCUT2D eigenvalue weighted by molar-refractivity contribution is 0.415. The van der Waals surface area contributed by atoms with Crippen molar-refractivity contribution in [1.82, 2.24) is 15.0 Å². The fourth-order valence-corrected chi connectivity index (χ4v) is 2.55. The van der Waals surface area contributed by atoms with Gasteiger partial charge in [0.2, 0.25) is 11.9 Å². The van der Waals surface area contributed by atoms with Gasteiger partial charge in [-0.25, -0.2) is 4.99 Å². The highest BCUT2D eigenvalue weighted by atomic mass is 32.2. The number of nitrogens with zero attached hydrogens (tertiary/aromatic N) is 4. The zero-order valence-electron chi connectivity index (χ0n) is 14.6. The highest BCUT2D eigenvalue weighted by Gasteiger charge is 2.06. The average molecular weight is 371 g/mol. The zero-order valence-corrected chi connectivity index (χ0v) is 15.5. The Hall–Kier alpha value is -3.07. The predicted octanol–water partition coefficient (Wildman–Crippen LogP) is 2.84. The smallest absolute Gasteiger partial charge is 0.232 e. The van der Waals surface area contributed by atoms with Gasteiger partial charge in [-0.3, -0.25) is 0 Å². The number of nitrogens with one attached hydrogen (secondary N) is 1. The van der Waals surface area contributed by atoms with E-state index in [-0.39, 0.29) is 5.95 Å². The van der Waals surface area contributed by atoms with E-state index in [1.165, 1.54) is 18.0 Å². The predicted molar refractivity (Wildman–Crippen MR) is 107 cm³/mol. The number of allylic oxidation sites excluding steroid dienone is 1. The Morgan fingerprint density at radius 1 is 1.31 bits per heavy atom. The van der Waals surface area contributed by atoms with Crippen LogP contribution in [0.5, 0.6) is 5.75 Å². The molecule has 0 saturated heterocycles. The molecule has 0 spiro atoms. The first kappa shape index (κ1) is 19.3. The molecule has 9 heteroatoms. The van der Waals surface area contributed by atoms with Crippen LogP contribution in [0, 0.1) is 0 Å². The van der Waals surface area contributed by atoms with Gasteiger partial charge in [0.1, 0.15) is 11.6 Å². The van der Waals surface area contributed by atoms with Crippen molar-refractivity contribution in [2.24, 2.45) is 10.7 Å². The third kappa shape index (κ3) is 6.10. The molecule has 0 unspecified atom stereocenters. The highest BCUT2D eigenvalue weighted by molar-refractivity contribution is 8.02. The average Bonchev–Trinajstić information content (AvgIpc) is 2.60. The van der Waals surface area contributed by atoms with Crippen molar-refractivity contribution in [2.45, 2.75) is 12.7 Å². The number of hydrogen-bond donors (Lipinski definition) is 3. The molecule has 1 heterocycles. The van der Waals surface area contributed by atoms with E-state index in [0.29, 0.717) is 22.6 Å². The molecule has 2 aromatic rings. The van der Waals surface area contributed by atoms with Crippen LogP contribution in [0.3, 0.4) is 0 Å². The Bertz CT molecular complexity index is 818. The molecule has 0 fully saturated rings. The van der Waals surface area contributed by atoms with E-state index >= 15 is 0 Å². The Balaban J connectivity index is 2.04. The molecule has 0 amide bonds. The molecular weight excluding hydrogens is 350 g/mol. The Labute approximate surface area is 156 Å². The van der Waals surface area contributed by atoms with E-state index < -0.39 is 0 Å². The van der Waals surface area contributed by atoms with E-state index in [2.05, 4.69) is 31.8 Å². The first-order valence-corrected chi connectivity index (χ1v) is 8.65. The zero-order chi connectivity index (χ0) is 18.9. The molecule has 0 atom stereocenters. The summed E-state index contributed by atoms with van der Waals surface area (Å²) in [6.07, 6.45) is 3.13. The third-order valence-electron chi connectivity index (χ3n) is 3.05. The number of aliphatic imine (C=N–C) groups is 1. The Morgan fingerprint density at radius 2 is 2.04 bits per heavy atom. The summed E-state index contributed by atoms with van der Waals surface area (Å²) in [6, 6.07) is 7.39. The molecule has 0 aliphatic heterocycles. The van der Waals surface area contributed by atoms with Crippen molar-refractivity contribution in [1.29, 1.82) is 0 Å². The summed E-state index contributed by atoms with van der Waals surface area (Å²) in [5.74, 6) is 2.27. The van der Waals surface area contributed by atoms with Crippen LogP contribution in [-0.2, 0) is 5.75 Å². The van der Waals surface area contributed by atoms with Gasteiger partial charge in [0, 0.05) is 11.4 Å². The summed E-state index contributed by atoms with van der Waals surface area (Å²) in [5, 5.41) is 3.72. The van der Waals surface area contributed by atoms with E-state index in [0.717, 1.165) is 17.1 Å². The van der Waals surface area contributed by atoms with Gasteiger partial charge in [-0.05, 0) is 43.5 Å². The van der Waals surface area contributed by atoms with E-state index in [9.17, 15) is 0 Å². The lowest BCUT2D eigenvalue weighted by Crippen LogP contribution is -2.06. The molecule has 136 valence electrons. The van der Waals surface area contributed by atoms with Gasteiger partial charge >= 0.3 is 0 Å². The van der Waals surface area contributed by atoms with Crippen LogP contribution in [0.2, 0.25) is 0 Å². The number of rotatable bonds is 8. The van der Waals surface area contributed by atoms with E-state index in [1.54, 1.807) is 13.2 Å². The van der Waals surface area contributed by atoms with E-state index in [1.807, 2.05) is 31.2 Å². The number of benzene rings is 1. The molecular formula is C17H21N7OS. The monoisotopic (exact) mass is 371 g/mol. The normalized spacial score (nSPS) is 11.5. The molecule has 2 rings (SSSR count). The SMILES string of the molecule is C=C(/N=C(C)\C=C/N)SCc1nc(N)nc(Nc2ccc(OC)cc2)n1. The molecule has 1 aromatic heterocycles. The lowest BCUT2D eigenvalue weighted by atomic mass is 10.3. The van der Waals surface area contributed by atoms with Crippen LogP contribution in [0.15, 0.2) is 53.1 Å². The first-order valence-electron chi connectivity index (χ1n) is 7.67. The van der Waals surface area contributed by atoms with Gasteiger partial charge in [0.05, 0.1) is 17.9 Å². The second-order valence-corrected chi connectivity index (χ2v) is 6.13. The van der Waals surface area contributed by atoms with Gasteiger partial charge in [-0.2, -0.15) is 15.0 Å². The summed E-state index contributed by atoms with van der Waals surface area (Å²) in [5.41, 5.74) is 12.7. The summed E-state index contributed by atoms with van der Waals surface area (Å²) in [4.78, 5) is 16.9. The maximum atomic E-state index is 5.78. The number of methoxy groups -OCH3 is 1. The number of ether oxygens (including phenoxy) is 1. The maximum Gasteiger partial charge on any atom is 0.232 e. The van der Waals surface area contributed by atoms with Crippen molar-refractivity contribution >= 4 is 35.1 Å². The molecule has 1 aromatic carbocycles. The standard InChI is InChI=1S/C17H21N7OS/c1-11(8-9-18)20-12(2)26-10-15-22-16(19)24-17(23-15)21-13-4-6-14(25-3)7-5-13/h4-9H,2,10,18H2,1,3H3,(H3,19,21,22,23,24)/b9-8-,20-11-. The highest BCUT2D eigenvalue weighted by Crippen LogP contribution is 2.22. The minimum Gasteiger partial charge on any atom is -0.497 e. The number of nitrogens with two attached hydrogens (primary N) is 2. The number of nitrogen functional groups attached to an aromatic ring is 1. The summed E-state index contributed by atoms with van der Waals surface area (Å²) >= 11 is 1.40. The van der Waals surface area contributed by atoms with Crippen LogP contribution < -0.4 is 21.5 Å². The lowest BCUT2D eigenvalue weighted by Gasteiger charge is -2.08. The Morgan fingerprint density at radius 3 is 2.69 bits per heavy atom. The molecule has 26 heavy (non-hydrogen) atoms. The van der Waals surface area contributed by atoms with Crippen molar-refractivity contribution in [2.75, 3.05) is 18.2 Å². The van der Waals surface area contributed by atoms with Crippen molar-refractivity contribution in [3.8, 4) is 5.75 Å². The van der Waals surface area contributed by atoms with Gasteiger partial charge in [-0.15, -0.1) is 0 Å². The van der Waals surface area contributed by atoms with Gasteiger partial charge in [-0.1, -0.05) is 18.3 Å². The summed E-state index contributed by atoms with van der Waals surface area (Å²) in [6.45, 7) is 5.73. The van der Waals surface area contributed by atoms with Crippen LogP contribution in [0.25, 0.3) is 0 Å². The molecule has 0 radical (unpaired) electrons. The first-order chi connectivity index (χ1) is 12.5. The molecule has 8 nitrogen and oxygen atoms in total. The molecule has 0 aliphatic rings. The summed E-state index contributed by atoms with van der Waals surface area (Å²) in [7, 11) is 1.62. The topological polar surface area (TPSA) is 124 Å². The number of hydrogen-bond acceptors (Lipinski definition) is 9. The number of aromatic nitrogens is 3. The maximum absolute atomic E-state index is 5.78. The quantitative estimate of drug-likeness (QED) is 0.605. The minimum atomic E-state index is 0.142. The molecule has 0 saturated carbocycles. The fraction of sp³-hybridized carbons (Fsp3) is 0.176. The fourth-order valence-electron chi connectivity index (χ4n) is 1.92. The second kappa shape index (κ2) is 9.42. The largest absolute Gasteiger partial charge is 0.497 e. The van der Waals surface area contributed by atoms with Crippen LogP contribution in [0.4, 0.5) is 17.6 Å². The van der Waals surface area contributed by atoms with Gasteiger partial charge in [0.15, 0.2) is 0 Å². The van der Waals surface area contributed by atoms with Crippen molar-refractivity contribution in [3.05, 3.63) is 54.0 Å². The number of anilines is 3. The minimum absolute atomic E-state index is 0.142. The van der Waals surface area contributed by atoms with Crippen molar-refractivity contribution < 1.29 is 4.74 Å². The van der Waals surface area contributed by atoms with Crippen molar-refractivity contribution in [3.63, 3.8) is 0 Å². The van der Waals surface area contributed by atoms with Gasteiger partial charge in [0.25, 0.3) is 0 Å². The molecule has 0 aliphatic carbocycles. The number of thioether (sulfide) groups is 1. The van der Waals surface area contributed by atoms with E-state index in [4.69, 9.17) is 16.2 Å². The molecule has 5 N–H and O–H groups in total.